The molecule has 17 heavy (non-hydrogen) atoms. The van der Waals surface area contributed by atoms with E-state index in [0.29, 0.717) is 11.4 Å². The molecular weight excluding hydrogens is 285 g/mol. The number of rotatable bonds is 2. The fraction of sp³-hybridized carbons (Fsp3) is 0.0769. The minimum atomic E-state index is -0.400. The van der Waals surface area contributed by atoms with E-state index in [2.05, 4.69) is 15.9 Å². The first-order valence-electron chi connectivity index (χ1n) is 5.05. The van der Waals surface area contributed by atoms with Gasteiger partial charge >= 0.3 is 0 Å². The lowest BCUT2D eigenvalue weighted by Gasteiger charge is -2.08. The fourth-order valence-electron chi connectivity index (χ4n) is 1.39. The van der Waals surface area contributed by atoms with Gasteiger partial charge in [0.25, 0.3) is 0 Å². The van der Waals surface area contributed by atoms with Gasteiger partial charge < -0.3 is 10.5 Å². The minimum absolute atomic E-state index is 0.184. The molecule has 0 heterocycles. The summed E-state index contributed by atoms with van der Waals surface area (Å²) in [6.07, 6.45) is 0. The van der Waals surface area contributed by atoms with E-state index < -0.39 is 5.82 Å². The normalized spacial score (nSPS) is 10.3. The highest BCUT2D eigenvalue weighted by molar-refractivity contribution is 9.10. The lowest BCUT2D eigenvalue weighted by atomic mass is 10.2. The molecule has 2 N–H and O–H groups in total. The third-order valence-electron chi connectivity index (χ3n) is 2.36. The molecule has 0 unspecified atom stereocenters. The summed E-state index contributed by atoms with van der Waals surface area (Å²) in [5, 5.41) is 0. The fourth-order valence-corrected chi connectivity index (χ4v) is 1.73. The van der Waals surface area contributed by atoms with Crippen LogP contribution in [0.3, 0.4) is 0 Å². The highest BCUT2D eigenvalue weighted by atomic mass is 79.9. The predicted molar refractivity (Wildman–Crippen MR) is 69.8 cm³/mol. The van der Waals surface area contributed by atoms with Gasteiger partial charge in [-0.15, -0.1) is 0 Å². The Morgan fingerprint density at radius 3 is 2.65 bits per heavy atom. The van der Waals surface area contributed by atoms with Gasteiger partial charge in [0.1, 0.15) is 5.75 Å². The number of halogens is 2. The van der Waals surface area contributed by atoms with Crippen LogP contribution in [0.2, 0.25) is 0 Å². The van der Waals surface area contributed by atoms with Crippen molar-refractivity contribution in [2.75, 3.05) is 5.73 Å². The summed E-state index contributed by atoms with van der Waals surface area (Å²) in [4.78, 5) is 0. The van der Waals surface area contributed by atoms with Crippen molar-refractivity contribution >= 4 is 21.6 Å². The molecule has 0 bridgehead atoms. The van der Waals surface area contributed by atoms with Crippen molar-refractivity contribution in [3.05, 3.63) is 52.3 Å². The maximum absolute atomic E-state index is 13.5. The summed E-state index contributed by atoms with van der Waals surface area (Å²) in [5.41, 5.74) is 7.29. The van der Waals surface area contributed by atoms with Crippen molar-refractivity contribution in [3.63, 3.8) is 0 Å². The van der Waals surface area contributed by atoms with Gasteiger partial charge in [-0.05, 0) is 48.9 Å². The molecule has 2 nitrogen and oxygen atoms in total. The molecule has 0 aliphatic rings. The molecule has 88 valence electrons. The van der Waals surface area contributed by atoms with Crippen LogP contribution in [-0.2, 0) is 0 Å². The number of anilines is 1. The molecule has 4 heteroatoms. The lowest BCUT2D eigenvalue weighted by Crippen LogP contribution is -1.92. The molecule has 0 saturated heterocycles. The first-order chi connectivity index (χ1) is 8.06. The Balaban J connectivity index is 2.31. The van der Waals surface area contributed by atoms with Crippen LogP contribution in [0, 0.1) is 12.7 Å². The van der Waals surface area contributed by atoms with Crippen molar-refractivity contribution in [1.82, 2.24) is 0 Å². The molecule has 0 aliphatic heterocycles. The molecule has 2 aromatic rings. The maximum atomic E-state index is 13.5. The van der Waals surface area contributed by atoms with Crippen LogP contribution < -0.4 is 10.5 Å². The van der Waals surface area contributed by atoms with Crippen molar-refractivity contribution in [3.8, 4) is 11.5 Å². The molecule has 0 amide bonds. The third kappa shape index (κ3) is 2.77. The van der Waals surface area contributed by atoms with E-state index in [4.69, 9.17) is 10.5 Å². The van der Waals surface area contributed by atoms with Crippen LogP contribution in [0.25, 0.3) is 0 Å². The standard InChI is InChI=1S/C13H11BrFNO/c1-8-6-10(3-5-12(8)16)17-13-7-9(14)2-4-11(13)15/h2-7H,16H2,1H3. The van der Waals surface area contributed by atoms with Gasteiger partial charge in [0.15, 0.2) is 11.6 Å². The zero-order valence-electron chi connectivity index (χ0n) is 9.21. The lowest BCUT2D eigenvalue weighted by molar-refractivity contribution is 0.441. The van der Waals surface area contributed by atoms with Crippen LogP contribution in [0.4, 0.5) is 10.1 Å². The van der Waals surface area contributed by atoms with Gasteiger partial charge in [-0.2, -0.15) is 0 Å². The van der Waals surface area contributed by atoms with Gasteiger partial charge in [0, 0.05) is 10.2 Å². The van der Waals surface area contributed by atoms with Crippen LogP contribution in [0.1, 0.15) is 5.56 Å². The van der Waals surface area contributed by atoms with Gasteiger partial charge in [-0.25, -0.2) is 4.39 Å². The van der Waals surface area contributed by atoms with Gasteiger partial charge in [0.05, 0.1) is 0 Å². The SMILES string of the molecule is Cc1cc(Oc2cc(Br)ccc2F)ccc1N. The zero-order chi connectivity index (χ0) is 12.4. The Morgan fingerprint density at radius 1 is 1.18 bits per heavy atom. The molecule has 0 aromatic heterocycles. The maximum Gasteiger partial charge on any atom is 0.165 e. The van der Waals surface area contributed by atoms with E-state index in [1.54, 1.807) is 30.3 Å². The van der Waals surface area contributed by atoms with Crippen LogP contribution in [-0.4, -0.2) is 0 Å². The molecule has 0 fully saturated rings. The molecule has 0 saturated carbocycles. The largest absolute Gasteiger partial charge is 0.454 e. The average molecular weight is 296 g/mol. The summed E-state index contributed by atoms with van der Waals surface area (Å²) in [6.45, 7) is 1.87. The number of hydrogen-bond acceptors (Lipinski definition) is 2. The highest BCUT2D eigenvalue weighted by Gasteiger charge is 2.06. The molecule has 2 aromatic carbocycles. The number of ether oxygens (including phenoxy) is 1. The Bertz CT molecular complexity index is 557. The van der Waals surface area contributed by atoms with Crippen LogP contribution in [0.5, 0.6) is 11.5 Å². The Labute approximate surface area is 107 Å². The minimum Gasteiger partial charge on any atom is -0.454 e. The average Bonchev–Trinajstić information content (AvgIpc) is 2.29. The summed E-state index contributed by atoms with van der Waals surface area (Å²) in [6, 6.07) is 9.78. The van der Waals surface area contributed by atoms with E-state index in [1.165, 1.54) is 6.07 Å². The summed E-state index contributed by atoms with van der Waals surface area (Å²) < 4.78 is 19.7. The Hall–Kier alpha value is -1.55. The van der Waals surface area contributed by atoms with Crippen LogP contribution >= 0.6 is 15.9 Å². The van der Waals surface area contributed by atoms with Gasteiger partial charge in [-0.3, -0.25) is 0 Å². The number of aryl methyl sites for hydroxylation is 1. The second-order valence-corrected chi connectivity index (χ2v) is 4.61. The quantitative estimate of drug-likeness (QED) is 0.840. The van der Waals surface area contributed by atoms with E-state index in [9.17, 15) is 4.39 Å². The number of hydrogen-bond donors (Lipinski definition) is 1. The molecule has 0 atom stereocenters. The first-order valence-corrected chi connectivity index (χ1v) is 5.84. The van der Waals surface area contributed by atoms with Crippen molar-refractivity contribution < 1.29 is 9.13 Å². The van der Waals surface area contributed by atoms with Crippen molar-refractivity contribution in [1.29, 1.82) is 0 Å². The molecular formula is C13H11BrFNO. The third-order valence-corrected chi connectivity index (χ3v) is 2.86. The zero-order valence-corrected chi connectivity index (χ0v) is 10.8. The number of nitrogens with two attached hydrogens (primary N) is 1. The summed E-state index contributed by atoms with van der Waals surface area (Å²) >= 11 is 3.27. The van der Waals surface area contributed by atoms with E-state index in [-0.39, 0.29) is 5.75 Å². The molecule has 0 aliphatic carbocycles. The van der Waals surface area contributed by atoms with Crippen molar-refractivity contribution in [2.24, 2.45) is 0 Å². The molecule has 2 rings (SSSR count). The van der Waals surface area contributed by atoms with Gasteiger partial charge in [-0.1, -0.05) is 15.9 Å². The molecule has 0 radical (unpaired) electrons. The van der Waals surface area contributed by atoms with Crippen LogP contribution in [0.15, 0.2) is 40.9 Å². The smallest absolute Gasteiger partial charge is 0.165 e. The second kappa shape index (κ2) is 4.75. The van der Waals surface area contributed by atoms with E-state index in [1.807, 2.05) is 6.92 Å². The monoisotopic (exact) mass is 295 g/mol. The van der Waals surface area contributed by atoms with Gasteiger partial charge in [0.2, 0.25) is 0 Å². The van der Waals surface area contributed by atoms with Crippen molar-refractivity contribution in [2.45, 2.75) is 6.92 Å². The summed E-state index contributed by atoms with van der Waals surface area (Å²) in [7, 11) is 0. The summed E-state index contributed by atoms with van der Waals surface area (Å²) in [5.74, 6) is 0.347. The molecule has 0 spiro atoms. The number of nitrogen functional groups attached to an aromatic ring is 1. The Kier molecular flexibility index (Phi) is 3.33. The Morgan fingerprint density at radius 2 is 1.94 bits per heavy atom. The van der Waals surface area contributed by atoms with E-state index >= 15 is 0 Å². The topological polar surface area (TPSA) is 35.2 Å². The highest BCUT2D eigenvalue weighted by Crippen LogP contribution is 2.29. The first kappa shape index (κ1) is 11.9. The second-order valence-electron chi connectivity index (χ2n) is 3.70. The predicted octanol–water partition coefficient (Wildman–Crippen LogP) is 4.27. The number of benzene rings is 2. The van der Waals surface area contributed by atoms with E-state index in [0.717, 1.165) is 10.0 Å².